The molecule has 21 heavy (non-hydrogen) atoms. The van der Waals surface area contributed by atoms with Crippen molar-refractivity contribution < 1.29 is 9.53 Å². The van der Waals surface area contributed by atoms with E-state index in [1.165, 1.54) is 0 Å². The molecule has 0 radical (unpaired) electrons. The van der Waals surface area contributed by atoms with Gasteiger partial charge in [0.1, 0.15) is 5.75 Å². The molecule has 5 heteroatoms. The van der Waals surface area contributed by atoms with Crippen molar-refractivity contribution in [3.63, 3.8) is 0 Å². The number of hydrogen-bond acceptors (Lipinski definition) is 3. The zero-order valence-electron chi connectivity index (χ0n) is 13.3. The number of nitrogens with one attached hydrogen (secondary N) is 1. The van der Waals surface area contributed by atoms with Gasteiger partial charge < -0.3 is 15.8 Å². The van der Waals surface area contributed by atoms with Crippen LogP contribution in [0.3, 0.4) is 0 Å². The largest absolute Gasteiger partial charge is 0.497 e. The molecule has 1 aromatic rings. The fraction of sp³-hybridized carbons (Fsp3) is 0.562. The minimum atomic E-state index is -0.216. The van der Waals surface area contributed by atoms with E-state index >= 15 is 0 Å². The zero-order valence-corrected chi connectivity index (χ0v) is 14.1. The maximum Gasteiger partial charge on any atom is 0.227 e. The van der Waals surface area contributed by atoms with Crippen molar-refractivity contribution in [2.75, 3.05) is 13.7 Å². The highest BCUT2D eigenvalue weighted by Gasteiger charge is 2.19. The van der Waals surface area contributed by atoms with Crippen LogP contribution in [0.15, 0.2) is 24.3 Å². The van der Waals surface area contributed by atoms with Gasteiger partial charge in [-0.2, -0.15) is 0 Å². The standard InChI is InChI=1S/C16H26N2O2.ClH/c1-11(2)8-14(10-17)18-16(19)12(3)13-6-5-7-15(9-13)20-4;/h5-7,9,11-12,14H,8,10,17H2,1-4H3,(H,18,19);1H. The van der Waals surface area contributed by atoms with E-state index in [4.69, 9.17) is 10.5 Å². The first kappa shape index (κ1) is 19.7. The molecular weight excluding hydrogens is 288 g/mol. The van der Waals surface area contributed by atoms with Crippen LogP contribution >= 0.6 is 12.4 Å². The molecule has 0 saturated carbocycles. The second kappa shape index (κ2) is 9.64. The number of carbonyl (C=O) groups is 1. The third-order valence-electron chi connectivity index (χ3n) is 3.37. The summed E-state index contributed by atoms with van der Waals surface area (Å²) in [6.07, 6.45) is 0.896. The van der Waals surface area contributed by atoms with Gasteiger partial charge in [-0.05, 0) is 37.0 Å². The summed E-state index contributed by atoms with van der Waals surface area (Å²) in [7, 11) is 1.62. The molecule has 0 saturated heterocycles. The lowest BCUT2D eigenvalue weighted by molar-refractivity contribution is -0.122. The molecule has 0 bridgehead atoms. The van der Waals surface area contributed by atoms with Gasteiger partial charge in [-0.25, -0.2) is 0 Å². The lowest BCUT2D eigenvalue weighted by Gasteiger charge is -2.21. The van der Waals surface area contributed by atoms with Gasteiger partial charge in [0.2, 0.25) is 5.91 Å². The molecule has 0 aliphatic heterocycles. The molecule has 1 aromatic carbocycles. The predicted molar refractivity (Wildman–Crippen MR) is 89.1 cm³/mol. The summed E-state index contributed by atoms with van der Waals surface area (Å²) in [5.74, 6) is 1.07. The first-order chi connectivity index (χ1) is 9.47. The van der Waals surface area contributed by atoms with E-state index in [0.29, 0.717) is 12.5 Å². The monoisotopic (exact) mass is 314 g/mol. The Morgan fingerprint density at radius 3 is 2.52 bits per heavy atom. The minimum Gasteiger partial charge on any atom is -0.497 e. The van der Waals surface area contributed by atoms with Crippen LogP contribution in [-0.4, -0.2) is 25.6 Å². The van der Waals surface area contributed by atoms with Crippen molar-refractivity contribution in [1.29, 1.82) is 0 Å². The maximum absolute atomic E-state index is 12.3. The summed E-state index contributed by atoms with van der Waals surface area (Å²) >= 11 is 0. The van der Waals surface area contributed by atoms with Crippen molar-refractivity contribution in [1.82, 2.24) is 5.32 Å². The number of methoxy groups -OCH3 is 1. The summed E-state index contributed by atoms with van der Waals surface area (Å²) in [6.45, 7) is 6.61. The number of rotatable bonds is 7. The molecule has 2 atom stereocenters. The number of hydrogen-bond donors (Lipinski definition) is 2. The average Bonchev–Trinajstić information content (AvgIpc) is 2.45. The Morgan fingerprint density at radius 2 is 2.00 bits per heavy atom. The van der Waals surface area contributed by atoms with Crippen molar-refractivity contribution in [3.05, 3.63) is 29.8 Å². The van der Waals surface area contributed by atoms with E-state index in [-0.39, 0.29) is 30.3 Å². The molecule has 1 amide bonds. The Balaban J connectivity index is 0.00000400. The number of ether oxygens (including phenoxy) is 1. The van der Waals surface area contributed by atoms with Gasteiger partial charge in [-0.3, -0.25) is 4.79 Å². The van der Waals surface area contributed by atoms with Crippen LogP contribution < -0.4 is 15.8 Å². The second-order valence-corrected chi connectivity index (χ2v) is 5.57. The summed E-state index contributed by atoms with van der Waals surface area (Å²) in [4.78, 5) is 12.3. The summed E-state index contributed by atoms with van der Waals surface area (Å²) in [6, 6.07) is 7.63. The molecule has 120 valence electrons. The molecule has 2 unspecified atom stereocenters. The Kier molecular flexibility index (Phi) is 9.06. The van der Waals surface area contributed by atoms with Gasteiger partial charge in [0.05, 0.1) is 13.0 Å². The van der Waals surface area contributed by atoms with E-state index < -0.39 is 0 Å². The fourth-order valence-electron chi connectivity index (χ4n) is 2.17. The summed E-state index contributed by atoms with van der Waals surface area (Å²) in [5, 5.41) is 3.03. The zero-order chi connectivity index (χ0) is 15.1. The van der Waals surface area contributed by atoms with Gasteiger partial charge in [0, 0.05) is 12.6 Å². The molecule has 0 aromatic heterocycles. The molecule has 0 heterocycles. The van der Waals surface area contributed by atoms with Crippen molar-refractivity contribution in [2.24, 2.45) is 11.7 Å². The van der Waals surface area contributed by atoms with E-state index in [1.54, 1.807) is 7.11 Å². The Bertz CT molecular complexity index is 438. The van der Waals surface area contributed by atoms with Crippen LogP contribution in [0.2, 0.25) is 0 Å². The summed E-state index contributed by atoms with van der Waals surface area (Å²) < 4.78 is 5.19. The highest BCUT2D eigenvalue weighted by molar-refractivity contribution is 5.85. The predicted octanol–water partition coefficient (Wildman–Crippen LogP) is 2.71. The van der Waals surface area contributed by atoms with E-state index in [0.717, 1.165) is 17.7 Å². The molecule has 0 fully saturated rings. The van der Waals surface area contributed by atoms with Gasteiger partial charge in [-0.15, -0.1) is 12.4 Å². The van der Waals surface area contributed by atoms with E-state index in [9.17, 15) is 4.79 Å². The maximum atomic E-state index is 12.3. The topological polar surface area (TPSA) is 64.3 Å². The molecule has 0 aliphatic rings. The third-order valence-corrected chi connectivity index (χ3v) is 3.37. The lowest BCUT2D eigenvalue weighted by atomic mass is 9.98. The first-order valence-corrected chi connectivity index (χ1v) is 7.12. The summed E-state index contributed by atoms with van der Waals surface area (Å²) in [5.41, 5.74) is 6.67. The third kappa shape index (κ3) is 6.36. The SMILES string of the molecule is COc1cccc(C(C)C(=O)NC(CN)CC(C)C)c1.Cl. The van der Waals surface area contributed by atoms with Crippen molar-refractivity contribution >= 4 is 18.3 Å². The van der Waals surface area contributed by atoms with Gasteiger partial charge in [0.15, 0.2) is 0 Å². The van der Waals surface area contributed by atoms with Crippen LogP contribution in [0.25, 0.3) is 0 Å². The second-order valence-electron chi connectivity index (χ2n) is 5.57. The molecule has 0 spiro atoms. The highest BCUT2D eigenvalue weighted by atomic mass is 35.5. The Hall–Kier alpha value is -1.26. The first-order valence-electron chi connectivity index (χ1n) is 7.12. The highest BCUT2D eigenvalue weighted by Crippen LogP contribution is 2.21. The lowest BCUT2D eigenvalue weighted by Crippen LogP contribution is -2.42. The molecule has 3 N–H and O–H groups in total. The quantitative estimate of drug-likeness (QED) is 0.813. The van der Waals surface area contributed by atoms with E-state index in [2.05, 4.69) is 19.2 Å². The van der Waals surface area contributed by atoms with Crippen LogP contribution in [-0.2, 0) is 4.79 Å². The molecule has 1 rings (SSSR count). The smallest absolute Gasteiger partial charge is 0.227 e. The number of carbonyl (C=O) groups excluding carboxylic acids is 1. The molecule has 4 nitrogen and oxygen atoms in total. The van der Waals surface area contributed by atoms with Gasteiger partial charge >= 0.3 is 0 Å². The number of amides is 1. The van der Waals surface area contributed by atoms with Crippen molar-refractivity contribution in [2.45, 2.75) is 39.2 Å². The van der Waals surface area contributed by atoms with Crippen molar-refractivity contribution in [3.8, 4) is 5.75 Å². The molecular formula is C16H27ClN2O2. The van der Waals surface area contributed by atoms with Crippen LogP contribution in [0, 0.1) is 5.92 Å². The van der Waals surface area contributed by atoms with Gasteiger partial charge in [-0.1, -0.05) is 26.0 Å². The van der Waals surface area contributed by atoms with Crippen LogP contribution in [0.5, 0.6) is 5.75 Å². The van der Waals surface area contributed by atoms with Crippen LogP contribution in [0.1, 0.15) is 38.7 Å². The number of nitrogens with two attached hydrogens (primary N) is 1. The Morgan fingerprint density at radius 1 is 1.33 bits per heavy atom. The average molecular weight is 315 g/mol. The van der Waals surface area contributed by atoms with Crippen LogP contribution in [0.4, 0.5) is 0 Å². The minimum absolute atomic E-state index is 0. The van der Waals surface area contributed by atoms with Gasteiger partial charge in [0.25, 0.3) is 0 Å². The normalized spacial score (nSPS) is 13.2. The number of halogens is 1. The number of benzene rings is 1. The molecule has 0 aliphatic carbocycles. The van der Waals surface area contributed by atoms with E-state index in [1.807, 2.05) is 31.2 Å². The fourth-order valence-corrected chi connectivity index (χ4v) is 2.17. The Labute approximate surface area is 133 Å².